The molecule has 1 aromatic heterocycles. The molecule has 3 aromatic rings. The van der Waals surface area contributed by atoms with E-state index in [1.54, 1.807) is 49.7 Å². The van der Waals surface area contributed by atoms with Crippen molar-refractivity contribution < 1.29 is 24.2 Å². The minimum Gasteiger partial charge on any atom is -0.497 e. The van der Waals surface area contributed by atoms with Gasteiger partial charge in [0.15, 0.2) is 5.88 Å². The van der Waals surface area contributed by atoms with Crippen molar-refractivity contribution in [1.29, 1.82) is 0 Å². The van der Waals surface area contributed by atoms with Crippen molar-refractivity contribution in [3.8, 4) is 11.6 Å². The number of carbonyl (C=O) groups is 3. The molecule has 1 atom stereocenters. The zero-order valence-electron chi connectivity index (χ0n) is 16.8. The number of imide groups is 1. The topological polar surface area (TPSA) is 122 Å². The summed E-state index contributed by atoms with van der Waals surface area (Å²) in [5, 5.41) is 19.8. The summed E-state index contributed by atoms with van der Waals surface area (Å²) < 4.78 is 6.57. The molecule has 4 rings (SSSR count). The molecule has 1 aliphatic rings. The summed E-state index contributed by atoms with van der Waals surface area (Å²) in [6.45, 7) is 0.220. The molecule has 4 amide bonds. The van der Waals surface area contributed by atoms with Gasteiger partial charge in [0.25, 0.3) is 0 Å². The van der Waals surface area contributed by atoms with E-state index in [2.05, 4.69) is 16.0 Å². The number of hydrogen-bond donors (Lipinski definition) is 4. The number of amides is 4. The molecular weight excluding hydrogens is 400 g/mol. The molecule has 2 aromatic carbocycles. The Morgan fingerprint density at radius 1 is 1.19 bits per heavy atom. The fourth-order valence-electron chi connectivity index (χ4n) is 3.66. The summed E-state index contributed by atoms with van der Waals surface area (Å²) in [6.07, 6.45) is 2.21. The van der Waals surface area contributed by atoms with Gasteiger partial charge in [-0.3, -0.25) is 14.9 Å². The van der Waals surface area contributed by atoms with E-state index in [9.17, 15) is 19.5 Å². The number of aromatic nitrogens is 1. The number of methoxy groups -OCH3 is 1. The van der Waals surface area contributed by atoms with E-state index in [1.807, 2.05) is 6.07 Å². The fourth-order valence-corrected chi connectivity index (χ4v) is 3.66. The van der Waals surface area contributed by atoms with Gasteiger partial charge in [0, 0.05) is 35.6 Å². The summed E-state index contributed by atoms with van der Waals surface area (Å²) in [5.74, 6) is -0.109. The number of aromatic hydroxyl groups is 1. The highest BCUT2D eigenvalue weighted by Crippen LogP contribution is 2.34. The minimum absolute atomic E-state index is 0.0472. The lowest BCUT2D eigenvalue weighted by Gasteiger charge is -2.22. The predicted octanol–water partition coefficient (Wildman–Crippen LogP) is 2.65. The molecule has 31 heavy (non-hydrogen) atoms. The first-order valence-electron chi connectivity index (χ1n) is 9.80. The predicted molar refractivity (Wildman–Crippen MR) is 114 cm³/mol. The summed E-state index contributed by atoms with van der Waals surface area (Å²) >= 11 is 0. The molecule has 0 spiro atoms. The number of nitrogens with one attached hydrogen (secondary N) is 3. The average molecular weight is 422 g/mol. The van der Waals surface area contributed by atoms with Crippen LogP contribution in [0.4, 0.5) is 10.5 Å². The van der Waals surface area contributed by atoms with Gasteiger partial charge in [-0.2, -0.15) is 0 Å². The summed E-state index contributed by atoms with van der Waals surface area (Å²) in [6, 6.07) is 11.3. The molecule has 1 fully saturated rings. The first kappa shape index (κ1) is 20.3. The largest absolute Gasteiger partial charge is 0.497 e. The molecule has 4 N–H and O–H groups in total. The second-order valence-electron chi connectivity index (χ2n) is 7.24. The smallest absolute Gasteiger partial charge is 0.319 e. The Morgan fingerprint density at radius 2 is 1.97 bits per heavy atom. The quantitative estimate of drug-likeness (QED) is 0.471. The van der Waals surface area contributed by atoms with E-state index in [4.69, 9.17) is 4.74 Å². The van der Waals surface area contributed by atoms with Crippen molar-refractivity contribution in [3.63, 3.8) is 0 Å². The van der Waals surface area contributed by atoms with E-state index in [0.717, 1.165) is 10.9 Å². The van der Waals surface area contributed by atoms with Crippen LogP contribution in [-0.4, -0.2) is 34.6 Å². The lowest BCUT2D eigenvalue weighted by molar-refractivity contribution is -0.135. The van der Waals surface area contributed by atoms with Crippen molar-refractivity contribution in [1.82, 2.24) is 15.2 Å². The molecule has 1 unspecified atom stereocenters. The number of ether oxygens (including phenoxy) is 1. The maximum Gasteiger partial charge on any atom is 0.319 e. The number of anilines is 1. The molecule has 2 heterocycles. The summed E-state index contributed by atoms with van der Waals surface area (Å²) in [4.78, 5) is 35.9. The number of rotatable bonds is 5. The molecule has 0 radical (unpaired) electrons. The lowest BCUT2D eigenvalue weighted by atomic mass is 10.1. The van der Waals surface area contributed by atoms with E-state index in [1.165, 1.54) is 4.57 Å². The van der Waals surface area contributed by atoms with Gasteiger partial charge < -0.3 is 25.0 Å². The normalized spacial score (nSPS) is 16.1. The molecule has 9 heteroatoms. The SMILES string of the molecule is COc1ccc(NC(=O)NCc2cccc3c(O)n(C4CCC(=O)NC4=O)cc23)cc1. The molecule has 160 valence electrons. The highest BCUT2D eigenvalue weighted by atomic mass is 16.5. The minimum atomic E-state index is -0.663. The second-order valence-corrected chi connectivity index (χ2v) is 7.24. The van der Waals surface area contributed by atoms with Gasteiger partial charge >= 0.3 is 6.03 Å². The van der Waals surface area contributed by atoms with Crippen molar-refractivity contribution in [2.24, 2.45) is 0 Å². The molecule has 0 saturated carbocycles. The monoisotopic (exact) mass is 422 g/mol. The van der Waals surface area contributed by atoms with Gasteiger partial charge in [0.05, 0.1) is 7.11 Å². The first-order chi connectivity index (χ1) is 15.0. The standard InChI is InChI=1S/C22H22N4O5/c1-31-15-7-5-14(6-8-15)24-22(30)23-11-13-3-2-4-16-17(13)12-26(21(16)29)18-9-10-19(27)25-20(18)28/h2-8,12,18,29H,9-11H2,1H3,(H2,23,24,30)(H,25,27,28). The van der Waals surface area contributed by atoms with Gasteiger partial charge in [0.2, 0.25) is 11.8 Å². The molecular formula is C22H22N4O5. The van der Waals surface area contributed by atoms with Crippen molar-refractivity contribution >= 4 is 34.3 Å². The number of carbonyl (C=O) groups excluding carboxylic acids is 3. The Bertz CT molecular complexity index is 1150. The van der Waals surface area contributed by atoms with Gasteiger partial charge in [-0.1, -0.05) is 12.1 Å². The van der Waals surface area contributed by atoms with Crippen LogP contribution in [-0.2, 0) is 16.1 Å². The lowest BCUT2D eigenvalue weighted by Crippen LogP contribution is -2.41. The number of fused-ring (bicyclic) bond motifs is 1. The van der Waals surface area contributed by atoms with Crippen LogP contribution in [0.5, 0.6) is 11.6 Å². The van der Waals surface area contributed by atoms with Gasteiger partial charge in [-0.05, 0) is 42.3 Å². The highest BCUT2D eigenvalue weighted by molar-refractivity contribution is 6.00. The molecule has 1 aliphatic heterocycles. The van der Waals surface area contributed by atoms with Crippen molar-refractivity contribution in [3.05, 3.63) is 54.2 Å². The second kappa shape index (κ2) is 8.39. The van der Waals surface area contributed by atoms with Gasteiger partial charge in [-0.25, -0.2) is 4.79 Å². The Morgan fingerprint density at radius 3 is 2.68 bits per heavy atom. The van der Waals surface area contributed by atoms with Crippen LogP contribution in [0.3, 0.4) is 0 Å². The average Bonchev–Trinajstić information content (AvgIpc) is 3.10. The Balaban J connectivity index is 1.49. The molecule has 0 bridgehead atoms. The van der Waals surface area contributed by atoms with Crippen LogP contribution in [0.2, 0.25) is 0 Å². The number of hydrogen-bond acceptors (Lipinski definition) is 5. The van der Waals surface area contributed by atoms with Crippen LogP contribution >= 0.6 is 0 Å². The molecule has 0 aliphatic carbocycles. The third-order valence-electron chi connectivity index (χ3n) is 5.28. The van der Waals surface area contributed by atoms with Crippen molar-refractivity contribution in [2.45, 2.75) is 25.4 Å². The third-order valence-corrected chi connectivity index (χ3v) is 5.28. The van der Waals surface area contributed by atoms with Crippen LogP contribution in [0, 0.1) is 0 Å². The van der Waals surface area contributed by atoms with Gasteiger partial charge in [0.1, 0.15) is 11.8 Å². The Labute approximate surface area is 178 Å². The molecule has 1 saturated heterocycles. The van der Waals surface area contributed by atoms with Crippen LogP contribution in [0.15, 0.2) is 48.7 Å². The number of urea groups is 1. The maximum absolute atomic E-state index is 12.3. The number of benzene rings is 2. The Kier molecular flexibility index (Phi) is 5.48. The van der Waals surface area contributed by atoms with Crippen LogP contribution < -0.4 is 20.7 Å². The zero-order chi connectivity index (χ0) is 22.0. The van der Waals surface area contributed by atoms with Gasteiger partial charge in [-0.15, -0.1) is 0 Å². The van der Waals surface area contributed by atoms with E-state index >= 15 is 0 Å². The maximum atomic E-state index is 12.3. The van der Waals surface area contributed by atoms with E-state index < -0.39 is 11.9 Å². The number of nitrogens with zero attached hydrogens (tertiary/aromatic N) is 1. The first-order valence-corrected chi connectivity index (χ1v) is 9.80. The summed E-state index contributed by atoms with van der Waals surface area (Å²) in [7, 11) is 1.57. The fraction of sp³-hybridized carbons (Fsp3) is 0.227. The third kappa shape index (κ3) is 4.16. The molecule has 9 nitrogen and oxygen atoms in total. The van der Waals surface area contributed by atoms with Crippen LogP contribution in [0.1, 0.15) is 24.4 Å². The highest BCUT2D eigenvalue weighted by Gasteiger charge is 2.30. The summed E-state index contributed by atoms with van der Waals surface area (Å²) in [5.41, 5.74) is 1.40. The van der Waals surface area contributed by atoms with Crippen LogP contribution in [0.25, 0.3) is 10.8 Å². The van der Waals surface area contributed by atoms with E-state index in [0.29, 0.717) is 23.2 Å². The Hall–Kier alpha value is -4.01. The zero-order valence-corrected chi connectivity index (χ0v) is 16.8. The van der Waals surface area contributed by atoms with Crippen molar-refractivity contribution in [2.75, 3.05) is 12.4 Å². The number of piperidine rings is 1. The van der Waals surface area contributed by atoms with E-state index in [-0.39, 0.29) is 30.8 Å².